The van der Waals surface area contributed by atoms with E-state index in [2.05, 4.69) is 69.3 Å². The molecule has 0 spiro atoms. The number of likely N-dealkylation sites (N-methyl/N-ethyl adjacent to an activating group) is 1. The highest BCUT2D eigenvalue weighted by Gasteiger charge is 2.31. The van der Waals surface area contributed by atoms with E-state index in [9.17, 15) is 4.79 Å². The van der Waals surface area contributed by atoms with Gasteiger partial charge < -0.3 is 10.6 Å². The predicted molar refractivity (Wildman–Crippen MR) is 85.0 cm³/mol. The average Bonchev–Trinajstić information content (AvgIpc) is 2.46. The van der Waals surface area contributed by atoms with Crippen molar-refractivity contribution in [1.29, 1.82) is 0 Å². The normalized spacial score (nSPS) is 21.9. The summed E-state index contributed by atoms with van der Waals surface area (Å²) in [5.74, 6) is 0.0876. The molecule has 0 bridgehead atoms. The minimum Gasteiger partial charge on any atom is -0.358 e. The predicted octanol–water partition coefficient (Wildman–Crippen LogP) is 1.37. The molecule has 1 aromatic rings. The van der Waals surface area contributed by atoms with Crippen molar-refractivity contribution in [2.45, 2.75) is 19.0 Å². The number of nitrogens with one attached hydrogen (secondary N) is 2. The van der Waals surface area contributed by atoms with Gasteiger partial charge in [0.1, 0.15) is 6.04 Å². The number of hydrogen-bond donors (Lipinski definition) is 2. The Morgan fingerprint density at radius 2 is 2.16 bits per heavy atom. The van der Waals surface area contributed by atoms with Gasteiger partial charge in [-0.2, -0.15) is 0 Å². The van der Waals surface area contributed by atoms with Crippen LogP contribution in [-0.2, 0) is 4.79 Å². The highest BCUT2D eigenvalue weighted by atomic mass is 127. The molecule has 0 radical (unpaired) electrons. The second kappa shape index (κ2) is 6.67. The first-order valence-electron chi connectivity index (χ1n) is 6.57. The third-order valence-corrected chi connectivity index (χ3v) is 4.40. The number of piperazine rings is 1. The summed E-state index contributed by atoms with van der Waals surface area (Å²) in [7, 11) is 1.70. The first-order chi connectivity index (χ1) is 9.13. The Hall–Kier alpha value is -0.660. The standard InChI is InChI=1S/C14H20IN3O/c1-10(11-3-5-12(15)6-4-11)18-8-7-17-9-13(18)14(19)16-2/h3-6,10,13,17H,7-9H2,1-2H3,(H,16,19). The smallest absolute Gasteiger partial charge is 0.238 e. The molecule has 0 saturated carbocycles. The highest BCUT2D eigenvalue weighted by molar-refractivity contribution is 14.1. The highest BCUT2D eigenvalue weighted by Crippen LogP contribution is 2.24. The Bertz CT molecular complexity index is 435. The van der Waals surface area contributed by atoms with Crippen molar-refractivity contribution in [2.75, 3.05) is 26.7 Å². The van der Waals surface area contributed by atoms with E-state index >= 15 is 0 Å². The molecule has 1 aliphatic heterocycles. The van der Waals surface area contributed by atoms with E-state index in [0.717, 1.165) is 13.1 Å². The van der Waals surface area contributed by atoms with E-state index in [1.54, 1.807) is 7.05 Å². The Morgan fingerprint density at radius 1 is 1.47 bits per heavy atom. The van der Waals surface area contributed by atoms with Gasteiger partial charge in [-0.1, -0.05) is 12.1 Å². The number of carbonyl (C=O) groups is 1. The van der Waals surface area contributed by atoms with Crippen LogP contribution >= 0.6 is 22.6 Å². The van der Waals surface area contributed by atoms with Crippen molar-refractivity contribution in [3.8, 4) is 0 Å². The van der Waals surface area contributed by atoms with E-state index in [0.29, 0.717) is 6.54 Å². The molecule has 1 heterocycles. The van der Waals surface area contributed by atoms with Crippen molar-refractivity contribution in [2.24, 2.45) is 0 Å². The van der Waals surface area contributed by atoms with Crippen LogP contribution in [0.3, 0.4) is 0 Å². The van der Waals surface area contributed by atoms with Crippen LogP contribution in [-0.4, -0.2) is 43.5 Å². The Labute approximate surface area is 128 Å². The lowest BCUT2D eigenvalue weighted by atomic mass is 10.0. The van der Waals surface area contributed by atoms with Crippen molar-refractivity contribution in [1.82, 2.24) is 15.5 Å². The van der Waals surface area contributed by atoms with Crippen molar-refractivity contribution in [3.05, 3.63) is 33.4 Å². The fourth-order valence-corrected chi connectivity index (χ4v) is 2.89. The molecular formula is C14H20IN3O. The fraction of sp³-hybridized carbons (Fsp3) is 0.500. The maximum absolute atomic E-state index is 12.0. The largest absolute Gasteiger partial charge is 0.358 e. The molecule has 104 valence electrons. The summed E-state index contributed by atoms with van der Waals surface area (Å²) in [6.45, 7) is 4.71. The molecule has 1 aliphatic rings. The summed E-state index contributed by atoms with van der Waals surface area (Å²) < 4.78 is 1.23. The maximum atomic E-state index is 12.0. The van der Waals surface area contributed by atoms with Crippen LogP contribution in [0.5, 0.6) is 0 Å². The Balaban J connectivity index is 2.17. The molecule has 2 rings (SSSR count). The number of hydrogen-bond acceptors (Lipinski definition) is 3. The molecular weight excluding hydrogens is 353 g/mol. The summed E-state index contributed by atoms with van der Waals surface area (Å²) in [4.78, 5) is 14.2. The van der Waals surface area contributed by atoms with Crippen molar-refractivity contribution >= 4 is 28.5 Å². The Morgan fingerprint density at radius 3 is 2.79 bits per heavy atom. The zero-order valence-corrected chi connectivity index (χ0v) is 13.5. The molecule has 4 nitrogen and oxygen atoms in total. The van der Waals surface area contributed by atoms with Gasteiger partial charge in [-0.05, 0) is 47.2 Å². The minimum atomic E-state index is -0.0898. The Kier molecular flexibility index (Phi) is 5.18. The van der Waals surface area contributed by atoms with Crippen molar-refractivity contribution < 1.29 is 4.79 Å². The van der Waals surface area contributed by atoms with E-state index in [1.165, 1.54) is 9.13 Å². The fourth-order valence-electron chi connectivity index (χ4n) is 2.53. The van der Waals surface area contributed by atoms with Gasteiger partial charge in [0.05, 0.1) is 0 Å². The molecule has 2 atom stereocenters. The molecule has 19 heavy (non-hydrogen) atoms. The molecule has 0 aromatic heterocycles. The van der Waals surface area contributed by atoms with E-state index in [4.69, 9.17) is 0 Å². The number of benzene rings is 1. The average molecular weight is 373 g/mol. The topological polar surface area (TPSA) is 44.4 Å². The van der Waals surface area contributed by atoms with Gasteiger partial charge in [0, 0.05) is 36.3 Å². The van der Waals surface area contributed by atoms with E-state index in [-0.39, 0.29) is 18.0 Å². The van der Waals surface area contributed by atoms with Crippen LogP contribution in [0.2, 0.25) is 0 Å². The van der Waals surface area contributed by atoms with Crippen molar-refractivity contribution in [3.63, 3.8) is 0 Å². The van der Waals surface area contributed by atoms with Crippen LogP contribution in [0, 0.1) is 3.57 Å². The van der Waals surface area contributed by atoms with Gasteiger partial charge >= 0.3 is 0 Å². The SMILES string of the molecule is CNC(=O)C1CNCCN1C(C)c1ccc(I)cc1. The molecule has 1 saturated heterocycles. The number of rotatable bonds is 3. The zero-order valence-electron chi connectivity index (χ0n) is 11.3. The number of amides is 1. The lowest BCUT2D eigenvalue weighted by Gasteiger charge is -2.39. The van der Waals surface area contributed by atoms with Crippen LogP contribution in [0.25, 0.3) is 0 Å². The summed E-state index contributed by atoms with van der Waals surface area (Å²) in [5, 5.41) is 6.05. The summed E-state index contributed by atoms with van der Waals surface area (Å²) >= 11 is 2.31. The lowest BCUT2D eigenvalue weighted by Crippen LogP contribution is -2.57. The zero-order chi connectivity index (χ0) is 13.8. The van der Waals surface area contributed by atoms with Gasteiger partial charge in [0.15, 0.2) is 0 Å². The second-order valence-electron chi connectivity index (χ2n) is 4.80. The molecule has 1 fully saturated rings. The molecule has 2 N–H and O–H groups in total. The maximum Gasteiger partial charge on any atom is 0.238 e. The molecule has 0 aliphatic carbocycles. The van der Waals surface area contributed by atoms with Crippen LogP contribution in [0.15, 0.2) is 24.3 Å². The van der Waals surface area contributed by atoms with Gasteiger partial charge in [0.25, 0.3) is 0 Å². The van der Waals surface area contributed by atoms with Gasteiger partial charge in [-0.3, -0.25) is 9.69 Å². The third kappa shape index (κ3) is 3.46. The first-order valence-corrected chi connectivity index (χ1v) is 7.65. The molecule has 2 unspecified atom stereocenters. The second-order valence-corrected chi connectivity index (χ2v) is 6.05. The first kappa shape index (κ1) is 14.7. The van der Waals surface area contributed by atoms with Gasteiger partial charge in [-0.25, -0.2) is 0 Å². The lowest BCUT2D eigenvalue weighted by molar-refractivity contribution is -0.127. The monoisotopic (exact) mass is 373 g/mol. The molecule has 1 amide bonds. The number of carbonyl (C=O) groups excluding carboxylic acids is 1. The summed E-state index contributed by atoms with van der Waals surface area (Å²) in [6, 6.07) is 8.69. The van der Waals surface area contributed by atoms with Crippen LogP contribution in [0.4, 0.5) is 0 Å². The quantitative estimate of drug-likeness (QED) is 0.787. The third-order valence-electron chi connectivity index (χ3n) is 3.68. The van der Waals surface area contributed by atoms with Crippen LogP contribution in [0.1, 0.15) is 18.5 Å². The van der Waals surface area contributed by atoms with E-state index < -0.39 is 0 Å². The molecule has 1 aromatic carbocycles. The number of halogens is 1. The molecule has 5 heteroatoms. The van der Waals surface area contributed by atoms with Crippen LogP contribution < -0.4 is 10.6 Å². The minimum absolute atomic E-state index is 0.0876. The summed E-state index contributed by atoms with van der Waals surface area (Å²) in [5.41, 5.74) is 1.26. The van der Waals surface area contributed by atoms with Gasteiger partial charge in [-0.15, -0.1) is 0 Å². The van der Waals surface area contributed by atoms with E-state index in [1.807, 2.05) is 0 Å². The van der Waals surface area contributed by atoms with Gasteiger partial charge in [0.2, 0.25) is 5.91 Å². The number of nitrogens with zero attached hydrogens (tertiary/aromatic N) is 1. The summed E-state index contributed by atoms with van der Waals surface area (Å²) in [6.07, 6.45) is 0.